The molecule has 1 atom stereocenters. The van der Waals surface area contributed by atoms with E-state index in [9.17, 15) is 17.4 Å². The zero-order chi connectivity index (χ0) is 19.1. The molecule has 0 aromatic heterocycles. The molecular formula is C17H26F3N3OS. The Bertz CT molecular complexity index is 610. The number of rotatable bonds is 6. The number of nitrogens with one attached hydrogen (secondary N) is 2. The van der Waals surface area contributed by atoms with Crippen LogP contribution < -0.4 is 10.6 Å². The van der Waals surface area contributed by atoms with Gasteiger partial charge < -0.3 is 10.6 Å². The average Bonchev–Trinajstić information content (AvgIpc) is 2.51. The molecule has 2 N–H and O–H groups in total. The molecule has 1 unspecified atom stereocenters. The molecule has 0 saturated carbocycles. The minimum atomic E-state index is -4.36. The lowest BCUT2D eigenvalue weighted by molar-refractivity contribution is -0.137. The summed E-state index contributed by atoms with van der Waals surface area (Å²) >= 11 is 0. The highest BCUT2D eigenvalue weighted by Crippen LogP contribution is 2.29. The highest BCUT2D eigenvalue weighted by atomic mass is 32.2. The lowest BCUT2D eigenvalue weighted by Gasteiger charge is -2.18. The molecular weight excluding hydrogens is 351 g/mol. The number of aliphatic imine (C=N–C) groups is 1. The van der Waals surface area contributed by atoms with Crippen molar-refractivity contribution in [3.63, 3.8) is 0 Å². The molecule has 4 nitrogen and oxygen atoms in total. The van der Waals surface area contributed by atoms with Gasteiger partial charge in [-0.1, -0.05) is 12.1 Å². The maximum Gasteiger partial charge on any atom is 0.416 e. The van der Waals surface area contributed by atoms with Crippen molar-refractivity contribution < 1.29 is 17.4 Å². The van der Waals surface area contributed by atoms with E-state index in [4.69, 9.17) is 0 Å². The Morgan fingerprint density at radius 1 is 1.20 bits per heavy atom. The van der Waals surface area contributed by atoms with Crippen LogP contribution in [0.2, 0.25) is 0 Å². The van der Waals surface area contributed by atoms with Crippen molar-refractivity contribution in [3.05, 3.63) is 35.4 Å². The van der Waals surface area contributed by atoms with Gasteiger partial charge in [0.1, 0.15) is 0 Å². The minimum absolute atomic E-state index is 0.127. The standard InChI is InChI=1S/C17H26F3N3OS/c1-5-21-15(22-9-10-25(24)16(2,3)4)23-12-13-7-6-8-14(11-13)17(18,19)20/h6-8,11H,5,9-10,12H2,1-4H3,(H2,21,22,23). The third-order valence-electron chi connectivity index (χ3n) is 3.28. The van der Waals surface area contributed by atoms with Crippen LogP contribution in [0.1, 0.15) is 38.8 Å². The molecule has 142 valence electrons. The van der Waals surface area contributed by atoms with Gasteiger partial charge in [-0.15, -0.1) is 0 Å². The molecule has 0 radical (unpaired) electrons. The molecule has 0 amide bonds. The molecule has 25 heavy (non-hydrogen) atoms. The maximum atomic E-state index is 12.7. The summed E-state index contributed by atoms with van der Waals surface area (Å²) in [6.07, 6.45) is -4.36. The Morgan fingerprint density at radius 2 is 1.88 bits per heavy atom. The van der Waals surface area contributed by atoms with Gasteiger partial charge in [0, 0.05) is 34.4 Å². The fourth-order valence-electron chi connectivity index (χ4n) is 1.93. The number of benzene rings is 1. The molecule has 0 aliphatic carbocycles. The first-order valence-electron chi connectivity index (χ1n) is 8.11. The van der Waals surface area contributed by atoms with Crippen LogP contribution in [0.3, 0.4) is 0 Å². The van der Waals surface area contributed by atoms with E-state index >= 15 is 0 Å². The molecule has 0 saturated heterocycles. The topological polar surface area (TPSA) is 53.5 Å². The zero-order valence-electron chi connectivity index (χ0n) is 15.0. The van der Waals surface area contributed by atoms with E-state index in [1.54, 1.807) is 6.07 Å². The molecule has 0 heterocycles. The summed E-state index contributed by atoms with van der Waals surface area (Å²) < 4.78 is 49.9. The van der Waals surface area contributed by atoms with Crippen LogP contribution in [-0.4, -0.2) is 33.8 Å². The lowest BCUT2D eigenvalue weighted by atomic mass is 10.1. The third-order valence-corrected chi connectivity index (χ3v) is 5.22. The van der Waals surface area contributed by atoms with Crippen molar-refractivity contribution in [3.8, 4) is 0 Å². The first-order valence-corrected chi connectivity index (χ1v) is 9.42. The largest absolute Gasteiger partial charge is 0.416 e. The van der Waals surface area contributed by atoms with Crippen LogP contribution in [0.25, 0.3) is 0 Å². The molecule has 0 bridgehead atoms. The van der Waals surface area contributed by atoms with Crippen LogP contribution in [0.15, 0.2) is 29.3 Å². The van der Waals surface area contributed by atoms with Gasteiger partial charge in [0.2, 0.25) is 0 Å². The highest BCUT2D eigenvalue weighted by Gasteiger charge is 2.30. The fraction of sp³-hybridized carbons (Fsp3) is 0.588. The summed E-state index contributed by atoms with van der Waals surface area (Å²) in [5, 5.41) is 6.09. The van der Waals surface area contributed by atoms with Gasteiger partial charge in [-0.2, -0.15) is 13.2 Å². The molecule has 1 rings (SSSR count). The van der Waals surface area contributed by atoms with Crippen LogP contribution >= 0.6 is 0 Å². The molecule has 1 aromatic rings. The van der Waals surface area contributed by atoms with Crippen LogP contribution in [-0.2, 0) is 23.5 Å². The number of alkyl halides is 3. The van der Waals surface area contributed by atoms with Crippen LogP contribution in [0, 0.1) is 0 Å². The summed E-state index contributed by atoms with van der Waals surface area (Å²) in [6.45, 7) is 8.85. The fourth-order valence-corrected chi connectivity index (χ4v) is 2.83. The molecule has 0 aliphatic rings. The summed E-state index contributed by atoms with van der Waals surface area (Å²) in [5.41, 5.74) is -0.205. The number of guanidine groups is 1. The van der Waals surface area contributed by atoms with Crippen molar-refractivity contribution in [2.45, 2.75) is 45.2 Å². The summed E-state index contributed by atoms with van der Waals surface area (Å²) in [5.74, 6) is 0.961. The first kappa shape index (κ1) is 21.5. The van der Waals surface area contributed by atoms with Gasteiger partial charge >= 0.3 is 6.18 Å². The van der Waals surface area contributed by atoms with Crippen molar-refractivity contribution in [1.82, 2.24) is 10.6 Å². The van der Waals surface area contributed by atoms with E-state index in [0.717, 1.165) is 12.1 Å². The monoisotopic (exact) mass is 377 g/mol. The minimum Gasteiger partial charge on any atom is -0.357 e. The summed E-state index contributed by atoms with van der Waals surface area (Å²) in [7, 11) is -0.981. The smallest absolute Gasteiger partial charge is 0.357 e. The van der Waals surface area contributed by atoms with Crippen molar-refractivity contribution in [2.75, 3.05) is 18.8 Å². The van der Waals surface area contributed by atoms with E-state index in [1.165, 1.54) is 6.07 Å². The van der Waals surface area contributed by atoms with Crippen LogP contribution in [0.5, 0.6) is 0 Å². The predicted octanol–water partition coefficient (Wildman–Crippen LogP) is 3.31. The van der Waals surface area contributed by atoms with E-state index < -0.39 is 22.5 Å². The van der Waals surface area contributed by atoms with Gasteiger partial charge in [0.15, 0.2) is 5.96 Å². The Balaban J connectivity index is 2.68. The van der Waals surface area contributed by atoms with E-state index in [1.807, 2.05) is 27.7 Å². The Morgan fingerprint density at radius 3 is 2.44 bits per heavy atom. The Kier molecular flexibility index (Phi) is 7.92. The molecule has 0 aliphatic heterocycles. The first-order chi connectivity index (χ1) is 11.5. The van der Waals surface area contributed by atoms with Gasteiger partial charge in [0.25, 0.3) is 0 Å². The van der Waals surface area contributed by atoms with Gasteiger partial charge in [-0.05, 0) is 45.4 Å². The predicted molar refractivity (Wildman–Crippen MR) is 97.0 cm³/mol. The van der Waals surface area contributed by atoms with Gasteiger partial charge in [0.05, 0.1) is 12.1 Å². The number of halogens is 3. The molecule has 0 spiro atoms. The van der Waals surface area contributed by atoms with E-state index in [0.29, 0.717) is 30.4 Å². The number of hydrogen-bond acceptors (Lipinski definition) is 2. The number of nitrogens with zero attached hydrogens (tertiary/aromatic N) is 1. The van der Waals surface area contributed by atoms with E-state index in [-0.39, 0.29) is 11.3 Å². The Hall–Kier alpha value is -1.57. The molecule has 8 heteroatoms. The van der Waals surface area contributed by atoms with Crippen molar-refractivity contribution in [2.24, 2.45) is 4.99 Å². The zero-order valence-corrected chi connectivity index (χ0v) is 15.9. The normalized spacial score (nSPS) is 14.3. The third kappa shape index (κ3) is 7.90. The van der Waals surface area contributed by atoms with Gasteiger partial charge in [-0.3, -0.25) is 4.21 Å². The average molecular weight is 377 g/mol. The number of hydrogen-bond donors (Lipinski definition) is 2. The van der Waals surface area contributed by atoms with Crippen molar-refractivity contribution >= 4 is 16.8 Å². The van der Waals surface area contributed by atoms with Crippen LogP contribution in [0.4, 0.5) is 13.2 Å². The summed E-state index contributed by atoms with van der Waals surface area (Å²) in [6, 6.07) is 5.12. The second-order valence-electron chi connectivity index (χ2n) is 6.48. The van der Waals surface area contributed by atoms with Gasteiger partial charge in [-0.25, -0.2) is 4.99 Å². The lowest BCUT2D eigenvalue weighted by Crippen LogP contribution is -2.40. The van der Waals surface area contributed by atoms with E-state index in [2.05, 4.69) is 15.6 Å². The summed E-state index contributed by atoms with van der Waals surface area (Å²) in [4.78, 5) is 4.29. The highest BCUT2D eigenvalue weighted by molar-refractivity contribution is 7.86. The second kappa shape index (κ2) is 9.22. The van der Waals surface area contributed by atoms with Crippen molar-refractivity contribution in [1.29, 1.82) is 0 Å². The SMILES string of the molecule is CCNC(=NCc1cccc(C(F)(F)F)c1)NCCS(=O)C(C)(C)C. The second-order valence-corrected chi connectivity index (χ2v) is 8.81. The molecule has 1 aromatic carbocycles. The maximum absolute atomic E-state index is 12.7. The molecule has 0 fully saturated rings. The quantitative estimate of drug-likeness (QED) is 0.591. The Labute approximate surface area is 149 Å².